The molecule has 3 N–H and O–H groups in total. The fourth-order valence-corrected chi connectivity index (χ4v) is 1.80. The maximum atomic E-state index is 11.9. The Morgan fingerprint density at radius 2 is 2.05 bits per heavy atom. The second-order valence-electron chi connectivity index (χ2n) is 4.98. The van der Waals surface area contributed by atoms with E-state index < -0.39 is 0 Å². The minimum atomic E-state index is -0.377. The van der Waals surface area contributed by atoms with Crippen LogP contribution in [0.3, 0.4) is 0 Å². The highest BCUT2D eigenvalue weighted by atomic mass is 16.3. The van der Waals surface area contributed by atoms with Crippen LogP contribution in [0, 0.1) is 11.3 Å². The van der Waals surface area contributed by atoms with Gasteiger partial charge in [0.2, 0.25) is 5.91 Å². The molecule has 1 aromatic carbocycles. The monoisotopic (exact) mass is 275 g/mol. The van der Waals surface area contributed by atoms with Crippen LogP contribution in [0.5, 0.6) is 0 Å². The van der Waals surface area contributed by atoms with Gasteiger partial charge in [0.25, 0.3) is 0 Å². The molecule has 1 atom stereocenters. The van der Waals surface area contributed by atoms with Gasteiger partial charge in [-0.05, 0) is 44.0 Å². The van der Waals surface area contributed by atoms with Crippen molar-refractivity contribution in [1.29, 1.82) is 5.26 Å². The minimum Gasteiger partial charge on any atom is -0.396 e. The Morgan fingerprint density at radius 1 is 1.40 bits per heavy atom. The number of rotatable bonds is 7. The normalized spacial score (nSPS) is 13.1. The Bertz CT molecular complexity index is 479. The van der Waals surface area contributed by atoms with Crippen molar-refractivity contribution in [3.8, 4) is 6.07 Å². The van der Waals surface area contributed by atoms with Gasteiger partial charge in [-0.2, -0.15) is 5.26 Å². The highest BCUT2D eigenvalue weighted by Crippen LogP contribution is 2.13. The Balaban J connectivity index is 2.48. The van der Waals surface area contributed by atoms with Crippen LogP contribution in [0.2, 0.25) is 0 Å². The summed E-state index contributed by atoms with van der Waals surface area (Å²) >= 11 is 0. The van der Waals surface area contributed by atoms with E-state index in [2.05, 4.69) is 10.6 Å². The number of hydrogen-bond acceptors (Lipinski definition) is 4. The van der Waals surface area contributed by atoms with Crippen LogP contribution < -0.4 is 10.6 Å². The molecular weight excluding hydrogens is 254 g/mol. The van der Waals surface area contributed by atoms with Gasteiger partial charge in [-0.3, -0.25) is 4.79 Å². The van der Waals surface area contributed by atoms with Gasteiger partial charge in [0.15, 0.2) is 0 Å². The molecule has 0 heterocycles. The van der Waals surface area contributed by atoms with Crippen LogP contribution in [0.25, 0.3) is 0 Å². The zero-order valence-electron chi connectivity index (χ0n) is 11.9. The molecule has 0 aliphatic heterocycles. The summed E-state index contributed by atoms with van der Waals surface area (Å²) in [7, 11) is 0. The van der Waals surface area contributed by atoms with Crippen molar-refractivity contribution in [3.63, 3.8) is 0 Å². The number of aliphatic hydroxyl groups is 1. The Hall–Kier alpha value is -2.06. The quantitative estimate of drug-likeness (QED) is 0.706. The number of benzene rings is 1. The van der Waals surface area contributed by atoms with Gasteiger partial charge in [-0.1, -0.05) is 6.92 Å². The molecule has 0 saturated carbocycles. The number of nitrogens with zero attached hydrogens (tertiary/aromatic N) is 1. The van der Waals surface area contributed by atoms with Gasteiger partial charge in [-0.25, -0.2) is 0 Å². The summed E-state index contributed by atoms with van der Waals surface area (Å²) in [5.41, 5.74) is 0.999. The fourth-order valence-electron chi connectivity index (χ4n) is 1.80. The number of carbonyl (C=O) groups excluding carboxylic acids is 1. The largest absolute Gasteiger partial charge is 0.396 e. The van der Waals surface area contributed by atoms with E-state index in [-0.39, 0.29) is 24.6 Å². The summed E-state index contributed by atoms with van der Waals surface area (Å²) in [4.78, 5) is 11.9. The second-order valence-corrected chi connectivity index (χ2v) is 4.98. The van der Waals surface area contributed by atoms with Crippen LogP contribution in [-0.4, -0.2) is 29.7 Å². The first kappa shape index (κ1) is 16.0. The van der Waals surface area contributed by atoms with E-state index >= 15 is 0 Å². The van der Waals surface area contributed by atoms with E-state index in [0.717, 1.165) is 12.1 Å². The van der Waals surface area contributed by atoms with E-state index in [0.29, 0.717) is 12.0 Å². The molecule has 0 radical (unpaired) electrons. The fraction of sp³-hybridized carbons (Fsp3) is 0.467. The van der Waals surface area contributed by atoms with Crippen molar-refractivity contribution in [3.05, 3.63) is 29.8 Å². The Labute approximate surface area is 119 Å². The van der Waals surface area contributed by atoms with Crippen LogP contribution >= 0.6 is 0 Å². The number of nitriles is 1. The molecule has 1 aromatic rings. The molecule has 20 heavy (non-hydrogen) atoms. The number of anilines is 1. The molecule has 1 unspecified atom stereocenters. The predicted octanol–water partition coefficient (Wildman–Crippen LogP) is 1.64. The van der Waals surface area contributed by atoms with Crippen LogP contribution in [0.1, 0.15) is 32.3 Å². The third-order valence-corrected chi connectivity index (χ3v) is 3.35. The van der Waals surface area contributed by atoms with Gasteiger partial charge in [0.05, 0.1) is 18.2 Å². The van der Waals surface area contributed by atoms with E-state index in [9.17, 15) is 4.79 Å². The Kier molecular flexibility index (Phi) is 6.01. The summed E-state index contributed by atoms with van der Waals surface area (Å²) in [5.74, 6) is -0.118. The predicted molar refractivity (Wildman–Crippen MR) is 78.2 cm³/mol. The molecule has 0 aromatic heterocycles. The van der Waals surface area contributed by atoms with Gasteiger partial charge >= 0.3 is 0 Å². The number of nitrogens with one attached hydrogen (secondary N) is 2. The topological polar surface area (TPSA) is 85.2 Å². The molecule has 5 nitrogen and oxygen atoms in total. The average molecular weight is 275 g/mol. The lowest BCUT2D eigenvalue weighted by atomic mass is 9.95. The number of carbonyl (C=O) groups is 1. The molecule has 108 valence electrons. The molecular formula is C15H21N3O2. The highest BCUT2D eigenvalue weighted by molar-refractivity contribution is 5.81. The summed E-state index contributed by atoms with van der Waals surface area (Å²) < 4.78 is 0. The van der Waals surface area contributed by atoms with Gasteiger partial charge in [0.1, 0.15) is 0 Å². The third-order valence-electron chi connectivity index (χ3n) is 3.35. The van der Waals surface area contributed by atoms with Crippen molar-refractivity contribution in [2.45, 2.75) is 32.2 Å². The van der Waals surface area contributed by atoms with Gasteiger partial charge < -0.3 is 15.7 Å². The highest BCUT2D eigenvalue weighted by Gasteiger charge is 2.23. The standard InChI is InChI=1S/C15H21N3O2/c1-3-15(2,8-9-19)18-14(20)11-17-13-6-4-12(10-16)5-7-13/h4-7,17,19H,3,8-9,11H2,1-2H3,(H,18,20). The summed E-state index contributed by atoms with van der Waals surface area (Å²) in [6, 6.07) is 8.96. The van der Waals surface area contributed by atoms with E-state index in [1.807, 2.05) is 19.9 Å². The summed E-state index contributed by atoms with van der Waals surface area (Å²) in [5, 5.41) is 23.6. The van der Waals surface area contributed by atoms with Crippen molar-refractivity contribution in [2.75, 3.05) is 18.5 Å². The van der Waals surface area contributed by atoms with Crippen molar-refractivity contribution >= 4 is 11.6 Å². The zero-order valence-corrected chi connectivity index (χ0v) is 11.9. The lowest BCUT2D eigenvalue weighted by molar-refractivity contribution is -0.121. The van der Waals surface area contributed by atoms with Crippen molar-refractivity contribution in [1.82, 2.24) is 5.32 Å². The summed E-state index contributed by atoms with van der Waals surface area (Å²) in [6.07, 6.45) is 1.29. The number of hydrogen-bond donors (Lipinski definition) is 3. The van der Waals surface area contributed by atoms with E-state index in [1.54, 1.807) is 24.3 Å². The first-order valence-corrected chi connectivity index (χ1v) is 6.69. The molecule has 0 bridgehead atoms. The van der Waals surface area contributed by atoms with E-state index in [1.165, 1.54) is 0 Å². The first-order valence-electron chi connectivity index (χ1n) is 6.69. The van der Waals surface area contributed by atoms with Crippen LogP contribution in [-0.2, 0) is 4.79 Å². The zero-order chi connectivity index (χ0) is 15.0. The van der Waals surface area contributed by atoms with Crippen LogP contribution in [0.15, 0.2) is 24.3 Å². The van der Waals surface area contributed by atoms with Crippen LogP contribution in [0.4, 0.5) is 5.69 Å². The average Bonchev–Trinajstić information content (AvgIpc) is 2.46. The molecule has 0 fully saturated rings. The molecule has 5 heteroatoms. The smallest absolute Gasteiger partial charge is 0.239 e. The van der Waals surface area contributed by atoms with E-state index in [4.69, 9.17) is 10.4 Å². The lowest BCUT2D eigenvalue weighted by Gasteiger charge is -2.29. The minimum absolute atomic E-state index is 0.0493. The Morgan fingerprint density at radius 3 is 2.55 bits per heavy atom. The second kappa shape index (κ2) is 7.51. The van der Waals surface area contributed by atoms with Gasteiger partial charge in [-0.15, -0.1) is 0 Å². The lowest BCUT2D eigenvalue weighted by Crippen LogP contribution is -2.48. The molecule has 0 spiro atoms. The molecule has 0 aliphatic carbocycles. The molecule has 0 saturated heterocycles. The summed E-state index contributed by atoms with van der Waals surface area (Å²) in [6.45, 7) is 4.10. The molecule has 0 aliphatic rings. The third kappa shape index (κ3) is 4.90. The number of amides is 1. The first-order chi connectivity index (χ1) is 9.53. The van der Waals surface area contributed by atoms with Gasteiger partial charge in [0, 0.05) is 17.8 Å². The van der Waals surface area contributed by atoms with Crippen molar-refractivity contribution in [2.24, 2.45) is 0 Å². The number of aliphatic hydroxyl groups excluding tert-OH is 1. The van der Waals surface area contributed by atoms with Crippen molar-refractivity contribution < 1.29 is 9.90 Å². The maximum Gasteiger partial charge on any atom is 0.239 e. The maximum absolute atomic E-state index is 11.9. The molecule has 1 amide bonds. The molecule has 1 rings (SSSR count). The SMILES string of the molecule is CCC(C)(CCO)NC(=O)CNc1ccc(C#N)cc1.